The lowest BCUT2D eigenvalue weighted by molar-refractivity contribution is -0.0884. The summed E-state index contributed by atoms with van der Waals surface area (Å²) in [5.74, 6) is -1.88. The number of nitrogens with one attached hydrogen (secondary N) is 1. The van der Waals surface area contributed by atoms with E-state index >= 15 is 0 Å². The summed E-state index contributed by atoms with van der Waals surface area (Å²) in [7, 11) is 3.14. The monoisotopic (exact) mass is 339 g/mol. The van der Waals surface area contributed by atoms with E-state index in [1.54, 1.807) is 38.4 Å². The van der Waals surface area contributed by atoms with E-state index in [4.69, 9.17) is 0 Å². The molecular formula is C17H20F3N3O. The Morgan fingerprint density at radius 2 is 1.92 bits per heavy atom. The van der Waals surface area contributed by atoms with E-state index in [9.17, 15) is 18.0 Å². The first-order valence-electron chi connectivity index (χ1n) is 7.72. The quantitative estimate of drug-likeness (QED) is 0.631. The molecule has 0 saturated carbocycles. The number of pyridine rings is 1. The number of carbonyl (C=O) groups is 1. The Morgan fingerprint density at radius 3 is 2.50 bits per heavy atom. The number of halogens is 3. The Morgan fingerprint density at radius 1 is 1.25 bits per heavy atom. The number of anilines is 2. The molecule has 0 unspecified atom stereocenters. The summed E-state index contributed by atoms with van der Waals surface area (Å²) in [4.78, 5) is 17.7. The third kappa shape index (κ3) is 3.60. The molecule has 0 aliphatic heterocycles. The first-order valence-corrected chi connectivity index (χ1v) is 7.72. The number of Topliss-reactive ketones (excluding diaryl/α,β-unsaturated/α-hetero) is 1. The summed E-state index contributed by atoms with van der Waals surface area (Å²) in [6.07, 6.45) is -3.29. The second-order valence-electron chi connectivity index (χ2n) is 5.70. The molecule has 4 nitrogen and oxygen atoms in total. The van der Waals surface area contributed by atoms with Gasteiger partial charge in [0.05, 0.1) is 16.8 Å². The summed E-state index contributed by atoms with van der Waals surface area (Å²) >= 11 is 0. The molecule has 130 valence electrons. The number of nitrogens with zero attached hydrogens (tertiary/aromatic N) is 2. The molecule has 0 aliphatic rings. The Labute approximate surface area is 138 Å². The van der Waals surface area contributed by atoms with Crippen LogP contribution in [0, 0.1) is 0 Å². The number of aromatic nitrogens is 1. The van der Waals surface area contributed by atoms with Crippen LogP contribution in [0.4, 0.5) is 24.7 Å². The van der Waals surface area contributed by atoms with Gasteiger partial charge in [-0.05, 0) is 12.5 Å². The van der Waals surface area contributed by atoms with Gasteiger partial charge in [-0.15, -0.1) is 0 Å². The fourth-order valence-electron chi connectivity index (χ4n) is 2.45. The third-order valence-corrected chi connectivity index (χ3v) is 3.61. The number of fused-ring (bicyclic) bond motifs is 1. The highest BCUT2D eigenvalue weighted by Gasteiger charge is 2.43. The van der Waals surface area contributed by atoms with E-state index in [0.29, 0.717) is 17.4 Å². The Hall–Kier alpha value is -2.31. The molecule has 2 rings (SSSR count). The van der Waals surface area contributed by atoms with E-state index in [0.717, 1.165) is 12.8 Å². The van der Waals surface area contributed by atoms with Gasteiger partial charge in [0, 0.05) is 26.0 Å². The molecule has 0 radical (unpaired) electrons. The smallest absolute Gasteiger partial charge is 0.384 e. The fraction of sp³-hybridized carbons (Fsp3) is 0.412. The summed E-state index contributed by atoms with van der Waals surface area (Å²) in [5, 5.41) is 3.52. The van der Waals surface area contributed by atoms with Crippen LogP contribution in [0.2, 0.25) is 0 Å². The van der Waals surface area contributed by atoms with Crippen molar-refractivity contribution >= 4 is 28.2 Å². The van der Waals surface area contributed by atoms with E-state index < -0.39 is 17.5 Å². The number of hydrogen-bond donors (Lipinski definition) is 1. The molecule has 1 aromatic heterocycles. The van der Waals surface area contributed by atoms with Gasteiger partial charge in [-0.3, -0.25) is 4.79 Å². The lowest BCUT2D eigenvalue weighted by Crippen LogP contribution is -2.27. The molecule has 1 N–H and O–H groups in total. The van der Waals surface area contributed by atoms with E-state index in [1.807, 2.05) is 6.92 Å². The average Bonchev–Trinajstić information content (AvgIpc) is 2.52. The van der Waals surface area contributed by atoms with Crippen molar-refractivity contribution < 1.29 is 18.0 Å². The maximum absolute atomic E-state index is 13.1. The van der Waals surface area contributed by atoms with Gasteiger partial charge in [0.15, 0.2) is 0 Å². The first-order chi connectivity index (χ1) is 11.3. The maximum Gasteiger partial charge on any atom is 0.455 e. The van der Waals surface area contributed by atoms with Crippen molar-refractivity contribution in [3.63, 3.8) is 0 Å². The topological polar surface area (TPSA) is 45.2 Å². The van der Waals surface area contributed by atoms with Crippen LogP contribution in [-0.4, -0.2) is 37.6 Å². The standard InChI is InChI=1S/C17H20F3N3O/c1-4-5-10-21-14-11-8-6-7-9-12(11)22-16(23(2)3)13(14)15(24)17(18,19)20/h6-9H,4-5,10H2,1-3H3,(H,21,22). The van der Waals surface area contributed by atoms with Gasteiger partial charge >= 0.3 is 6.18 Å². The molecule has 1 heterocycles. The highest BCUT2D eigenvalue weighted by molar-refractivity contribution is 6.14. The van der Waals surface area contributed by atoms with Crippen molar-refractivity contribution in [1.82, 2.24) is 4.98 Å². The Bertz CT molecular complexity index is 742. The zero-order valence-corrected chi connectivity index (χ0v) is 13.9. The number of para-hydroxylation sites is 1. The molecule has 0 saturated heterocycles. The Balaban J connectivity index is 2.75. The van der Waals surface area contributed by atoms with Crippen LogP contribution in [0.15, 0.2) is 24.3 Å². The molecule has 0 atom stereocenters. The van der Waals surface area contributed by atoms with Gasteiger partial charge < -0.3 is 10.2 Å². The van der Waals surface area contributed by atoms with Crippen LogP contribution in [0.25, 0.3) is 10.9 Å². The molecule has 2 aromatic rings. The summed E-state index contributed by atoms with van der Waals surface area (Å²) in [6.45, 7) is 2.47. The van der Waals surface area contributed by atoms with Crippen LogP contribution in [0.5, 0.6) is 0 Å². The number of rotatable bonds is 6. The number of ketones is 1. The van der Waals surface area contributed by atoms with Gasteiger partial charge in [0.25, 0.3) is 5.78 Å². The number of unbranched alkanes of at least 4 members (excludes halogenated alkanes) is 1. The van der Waals surface area contributed by atoms with Crippen molar-refractivity contribution in [3.05, 3.63) is 29.8 Å². The maximum atomic E-state index is 13.1. The van der Waals surface area contributed by atoms with Crippen molar-refractivity contribution in [1.29, 1.82) is 0 Å². The van der Waals surface area contributed by atoms with E-state index in [1.165, 1.54) is 4.90 Å². The molecule has 7 heteroatoms. The molecule has 0 spiro atoms. The van der Waals surface area contributed by atoms with Gasteiger partial charge in [-0.25, -0.2) is 4.98 Å². The summed E-state index contributed by atoms with van der Waals surface area (Å²) < 4.78 is 39.4. The minimum Gasteiger partial charge on any atom is -0.384 e. The highest BCUT2D eigenvalue weighted by Crippen LogP contribution is 2.36. The summed E-state index contributed by atoms with van der Waals surface area (Å²) in [5.41, 5.74) is 0.307. The largest absolute Gasteiger partial charge is 0.455 e. The number of carbonyl (C=O) groups excluding carboxylic acids is 1. The fourth-order valence-corrected chi connectivity index (χ4v) is 2.45. The van der Waals surface area contributed by atoms with Crippen LogP contribution >= 0.6 is 0 Å². The number of hydrogen-bond acceptors (Lipinski definition) is 4. The minimum absolute atomic E-state index is 0.00928. The molecule has 1 aromatic carbocycles. The second kappa shape index (κ2) is 7.07. The number of alkyl halides is 3. The zero-order valence-electron chi connectivity index (χ0n) is 13.9. The molecule has 24 heavy (non-hydrogen) atoms. The van der Waals surface area contributed by atoms with Crippen LogP contribution < -0.4 is 10.2 Å². The van der Waals surface area contributed by atoms with Crippen molar-refractivity contribution in [3.8, 4) is 0 Å². The van der Waals surface area contributed by atoms with Gasteiger partial charge in [-0.1, -0.05) is 31.5 Å². The van der Waals surface area contributed by atoms with Gasteiger partial charge in [-0.2, -0.15) is 13.2 Å². The average molecular weight is 339 g/mol. The van der Waals surface area contributed by atoms with Gasteiger partial charge in [0.2, 0.25) is 0 Å². The van der Waals surface area contributed by atoms with Crippen molar-refractivity contribution in [2.24, 2.45) is 0 Å². The third-order valence-electron chi connectivity index (χ3n) is 3.61. The Kier molecular flexibility index (Phi) is 5.31. The van der Waals surface area contributed by atoms with Crippen molar-refractivity contribution in [2.45, 2.75) is 25.9 Å². The molecule has 0 aliphatic carbocycles. The first kappa shape index (κ1) is 18.0. The predicted octanol–water partition coefficient (Wildman–Crippen LogP) is 4.26. The summed E-state index contributed by atoms with van der Waals surface area (Å²) in [6, 6.07) is 6.86. The molecular weight excluding hydrogens is 319 g/mol. The highest BCUT2D eigenvalue weighted by atomic mass is 19.4. The molecule has 0 amide bonds. The van der Waals surface area contributed by atoms with E-state index in [2.05, 4.69) is 10.3 Å². The SMILES string of the molecule is CCCCNc1c(C(=O)C(F)(F)F)c(N(C)C)nc2ccccc12. The zero-order chi connectivity index (χ0) is 17.9. The normalized spacial score (nSPS) is 11.6. The lowest BCUT2D eigenvalue weighted by Gasteiger charge is -2.22. The number of benzene rings is 1. The van der Waals surface area contributed by atoms with Crippen LogP contribution in [-0.2, 0) is 0 Å². The van der Waals surface area contributed by atoms with Crippen LogP contribution in [0.1, 0.15) is 30.1 Å². The molecule has 0 bridgehead atoms. The van der Waals surface area contributed by atoms with Crippen molar-refractivity contribution in [2.75, 3.05) is 30.9 Å². The minimum atomic E-state index is -4.96. The molecule has 0 fully saturated rings. The van der Waals surface area contributed by atoms with E-state index in [-0.39, 0.29) is 11.5 Å². The predicted molar refractivity (Wildman–Crippen MR) is 89.9 cm³/mol. The van der Waals surface area contributed by atoms with Gasteiger partial charge in [0.1, 0.15) is 5.82 Å². The van der Waals surface area contributed by atoms with Crippen LogP contribution in [0.3, 0.4) is 0 Å². The lowest BCUT2D eigenvalue weighted by atomic mass is 10.0. The second-order valence-corrected chi connectivity index (χ2v) is 5.70.